The fraction of sp³-hybridized carbons (Fsp3) is 0.0476. The van der Waals surface area contributed by atoms with E-state index in [-0.39, 0.29) is 12.5 Å². The molecule has 3 amide bonds. The van der Waals surface area contributed by atoms with E-state index in [1.807, 2.05) is 42.5 Å². The molecule has 0 radical (unpaired) electrons. The van der Waals surface area contributed by atoms with Crippen molar-refractivity contribution in [2.24, 2.45) is 5.73 Å². The van der Waals surface area contributed by atoms with E-state index in [1.165, 1.54) is 0 Å². The van der Waals surface area contributed by atoms with Crippen LogP contribution in [0.3, 0.4) is 0 Å². The molecule has 6 nitrogen and oxygen atoms in total. The van der Waals surface area contributed by atoms with E-state index in [0.717, 1.165) is 11.3 Å². The summed E-state index contributed by atoms with van der Waals surface area (Å²) in [5, 5.41) is 5.31. The fourth-order valence-corrected chi connectivity index (χ4v) is 2.52. The number of hydrogen-bond acceptors (Lipinski definition) is 3. The molecule has 136 valence electrons. The van der Waals surface area contributed by atoms with Crippen LogP contribution in [-0.4, -0.2) is 11.9 Å². The molecule has 27 heavy (non-hydrogen) atoms. The molecule has 6 heteroatoms. The lowest BCUT2D eigenvalue weighted by Crippen LogP contribution is -2.19. The van der Waals surface area contributed by atoms with Crippen molar-refractivity contribution in [1.29, 1.82) is 0 Å². The van der Waals surface area contributed by atoms with Crippen molar-refractivity contribution in [3.8, 4) is 5.75 Å². The molecular weight excluding hydrogens is 342 g/mol. The number of nitrogens with one attached hydrogen (secondary N) is 2. The first kappa shape index (κ1) is 18.0. The minimum atomic E-state index is -0.640. The van der Waals surface area contributed by atoms with Gasteiger partial charge in [0.15, 0.2) is 0 Å². The summed E-state index contributed by atoms with van der Waals surface area (Å²) in [5.41, 5.74) is 7.55. The number of carbonyl (C=O) groups is 2. The topological polar surface area (TPSA) is 93.5 Å². The Morgan fingerprint density at radius 2 is 1.37 bits per heavy atom. The lowest BCUT2D eigenvalue weighted by molar-refractivity contribution is 0.102. The number of rotatable bonds is 6. The highest BCUT2D eigenvalue weighted by molar-refractivity contribution is 6.05. The molecule has 4 N–H and O–H groups in total. The number of anilines is 2. The van der Waals surface area contributed by atoms with Gasteiger partial charge in [0.2, 0.25) is 0 Å². The maximum Gasteiger partial charge on any atom is 0.316 e. The van der Waals surface area contributed by atoms with Crippen molar-refractivity contribution in [2.75, 3.05) is 10.6 Å². The normalized spacial score (nSPS) is 10.1. The lowest BCUT2D eigenvalue weighted by atomic mass is 10.1. The van der Waals surface area contributed by atoms with E-state index in [1.54, 1.807) is 36.4 Å². The van der Waals surface area contributed by atoms with Gasteiger partial charge in [0.25, 0.3) is 5.91 Å². The summed E-state index contributed by atoms with van der Waals surface area (Å²) in [6.45, 7) is 0.287. The summed E-state index contributed by atoms with van der Waals surface area (Å²) >= 11 is 0. The number of para-hydroxylation sites is 1. The van der Waals surface area contributed by atoms with Crippen molar-refractivity contribution in [3.63, 3.8) is 0 Å². The number of amides is 3. The average Bonchev–Trinajstić information content (AvgIpc) is 2.68. The summed E-state index contributed by atoms with van der Waals surface area (Å²) < 4.78 is 5.75. The van der Waals surface area contributed by atoms with Gasteiger partial charge in [0.1, 0.15) is 12.4 Å². The number of urea groups is 1. The van der Waals surface area contributed by atoms with Gasteiger partial charge in [0.05, 0.1) is 0 Å². The van der Waals surface area contributed by atoms with Crippen LogP contribution in [0.15, 0.2) is 78.9 Å². The average molecular weight is 361 g/mol. The Balaban J connectivity index is 1.68. The van der Waals surface area contributed by atoms with Crippen molar-refractivity contribution >= 4 is 23.3 Å². The van der Waals surface area contributed by atoms with Crippen molar-refractivity contribution in [2.45, 2.75) is 6.61 Å². The zero-order chi connectivity index (χ0) is 19.1. The van der Waals surface area contributed by atoms with Gasteiger partial charge in [0, 0.05) is 22.5 Å². The summed E-state index contributed by atoms with van der Waals surface area (Å²) in [6, 6.07) is 22.8. The second-order valence-electron chi connectivity index (χ2n) is 5.78. The van der Waals surface area contributed by atoms with Crippen molar-refractivity contribution in [1.82, 2.24) is 0 Å². The Hall–Kier alpha value is -3.80. The molecular formula is C21H19N3O3. The van der Waals surface area contributed by atoms with Gasteiger partial charge in [-0.3, -0.25) is 4.79 Å². The summed E-state index contributed by atoms with van der Waals surface area (Å²) in [4.78, 5) is 23.5. The highest BCUT2D eigenvalue weighted by Crippen LogP contribution is 2.18. The number of primary amides is 1. The van der Waals surface area contributed by atoms with Crippen molar-refractivity contribution in [3.05, 3.63) is 90.0 Å². The third-order valence-electron chi connectivity index (χ3n) is 3.81. The molecule has 0 saturated carbocycles. The van der Waals surface area contributed by atoms with Crippen LogP contribution in [0.5, 0.6) is 5.75 Å². The first-order valence-corrected chi connectivity index (χ1v) is 8.35. The first-order chi connectivity index (χ1) is 13.1. The van der Waals surface area contributed by atoms with Crippen LogP contribution < -0.4 is 21.1 Å². The second kappa shape index (κ2) is 8.53. The minimum Gasteiger partial charge on any atom is -0.489 e. The van der Waals surface area contributed by atoms with Gasteiger partial charge in [-0.25, -0.2) is 4.79 Å². The first-order valence-electron chi connectivity index (χ1n) is 8.35. The Bertz CT molecular complexity index is 925. The van der Waals surface area contributed by atoms with E-state index in [4.69, 9.17) is 10.5 Å². The Morgan fingerprint density at radius 3 is 2.04 bits per heavy atom. The van der Waals surface area contributed by atoms with Crippen LogP contribution in [0.4, 0.5) is 16.2 Å². The molecule has 3 aromatic carbocycles. The third kappa shape index (κ3) is 5.09. The Morgan fingerprint density at radius 1 is 0.778 bits per heavy atom. The largest absolute Gasteiger partial charge is 0.489 e. The molecule has 0 aliphatic carbocycles. The van der Waals surface area contributed by atoms with Crippen LogP contribution in [0.25, 0.3) is 0 Å². The van der Waals surface area contributed by atoms with E-state index in [0.29, 0.717) is 16.9 Å². The van der Waals surface area contributed by atoms with Gasteiger partial charge >= 0.3 is 6.03 Å². The number of nitrogens with two attached hydrogens (primary N) is 1. The smallest absolute Gasteiger partial charge is 0.316 e. The van der Waals surface area contributed by atoms with Gasteiger partial charge in [-0.15, -0.1) is 0 Å². The van der Waals surface area contributed by atoms with Crippen LogP contribution in [0.2, 0.25) is 0 Å². The molecule has 0 saturated heterocycles. The molecule has 3 rings (SSSR count). The number of hydrogen-bond donors (Lipinski definition) is 3. The third-order valence-corrected chi connectivity index (χ3v) is 3.81. The minimum absolute atomic E-state index is 0.238. The number of ether oxygens (including phenoxy) is 1. The predicted molar refractivity (Wildman–Crippen MR) is 105 cm³/mol. The van der Waals surface area contributed by atoms with E-state index in [2.05, 4.69) is 10.6 Å². The molecule has 0 heterocycles. The van der Waals surface area contributed by atoms with Crippen LogP contribution in [0, 0.1) is 0 Å². The second-order valence-corrected chi connectivity index (χ2v) is 5.78. The van der Waals surface area contributed by atoms with Crippen LogP contribution in [-0.2, 0) is 6.61 Å². The van der Waals surface area contributed by atoms with Gasteiger partial charge in [-0.05, 0) is 42.5 Å². The zero-order valence-electron chi connectivity index (χ0n) is 14.5. The lowest BCUT2D eigenvalue weighted by Gasteiger charge is -2.12. The molecule has 0 unspecified atom stereocenters. The Labute approximate surface area is 157 Å². The molecule has 0 aliphatic rings. The highest BCUT2D eigenvalue weighted by Gasteiger charge is 2.12. The molecule has 0 aromatic heterocycles. The van der Waals surface area contributed by atoms with E-state index in [9.17, 15) is 9.59 Å². The standard InChI is InChI=1S/C21H19N3O3/c22-21(26)24-17-12-10-16(11-13-17)23-20(25)19-9-5-4-6-15(19)14-27-18-7-2-1-3-8-18/h1-13H,14H2,(H,23,25)(H3,22,24,26). The molecule has 0 atom stereocenters. The number of benzene rings is 3. The van der Waals surface area contributed by atoms with E-state index >= 15 is 0 Å². The van der Waals surface area contributed by atoms with E-state index < -0.39 is 6.03 Å². The predicted octanol–water partition coefficient (Wildman–Crippen LogP) is 4.01. The summed E-state index contributed by atoms with van der Waals surface area (Å²) in [7, 11) is 0. The van der Waals surface area contributed by atoms with Gasteiger partial charge in [-0.1, -0.05) is 36.4 Å². The van der Waals surface area contributed by atoms with Gasteiger partial charge in [-0.2, -0.15) is 0 Å². The Kier molecular flexibility index (Phi) is 5.69. The highest BCUT2D eigenvalue weighted by atomic mass is 16.5. The fourth-order valence-electron chi connectivity index (χ4n) is 2.52. The molecule has 3 aromatic rings. The molecule has 0 bridgehead atoms. The number of carbonyl (C=O) groups excluding carboxylic acids is 2. The SMILES string of the molecule is NC(=O)Nc1ccc(NC(=O)c2ccccc2COc2ccccc2)cc1. The molecule has 0 spiro atoms. The van der Waals surface area contributed by atoms with Crippen LogP contribution >= 0.6 is 0 Å². The maximum absolute atomic E-state index is 12.7. The van der Waals surface area contributed by atoms with Crippen molar-refractivity contribution < 1.29 is 14.3 Å². The zero-order valence-corrected chi connectivity index (χ0v) is 14.5. The van der Waals surface area contributed by atoms with Crippen LogP contribution in [0.1, 0.15) is 15.9 Å². The monoisotopic (exact) mass is 361 g/mol. The summed E-state index contributed by atoms with van der Waals surface area (Å²) in [5.74, 6) is 0.503. The molecule has 0 aliphatic heterocycles. The molecule has 0 fully saturated rings. The maximum atomic E-state index is 12.7. The summed E-state index contributed by atoms with van der Waals surface area (Å²) in [6.07, 6.45) is 0. The quantitative estimate of drug-likeness (QED) is 0.619. The van der Waals surface area contributed by atoms with Gasteiger partial charge < -0.3 is 21.1 Å².